The SMILES string of the molecule is CCNCC1CCN(S(=O)(=O)c2ccc(C)c(C(N)=O)c2)CC1.Cl. The van der Waals surface area contributed by atoms with E-state index in [0.29, 0.717) is 24.6 Å². The van der Waals surface area contributed by atoms with Gasteiger partial charge in [-0.1, -0.05) is 13.0 Å². The first-order valence-corrected chi connectivity index (χ1v) is 9.41. The summed E-state index contributed by atoms with van der Waals surface area (Å²) in [5.41, 5.74) is 6.25. The molecule has 1 aromatic carbocycles. The van der Waals surface area contributed by atoms with Gasteiger partial charge in [-0.05, 0) is 56.5 Å². The number of primary amides is 1. The Morgan fingerprint density at radius 2 is 1.96 bits per heavy atom. The molecule has 0 aromatic heterocycles. The minimum atomic E-state index is -3.57. The van der Waals surface area contributed by atoms with Crippen LogP contribution in [0.25, 0.3) is 0 Å². The first kappa shape index (κ1) is 20.9. The number of halogens is 1. The molecule has 1 fully saturated rings. The Labute approximate surface area is 150 Å². The third-order valence-electron chi connectivity index (χ3n) is 4.37. The lowest BCUT2D eigenvalue weighted by atomic mass is 9.98. The molecule has 0 unspecified atom stereocenters. The average molecular weight is 376 g/mol. The minimum Gasteiger partial charge on any atom is -0.366 e. The zero-order valence-electron chi connectivity index (χ0n) is 14.1. The Morgan fingerprint density at radius 1 is 1.33 bits per heavy atom. The van der Waals surface area contributed by atoms with Gasteiger partial charge in [0.05, 0.1) is 4.90 Å². The highest BCUT2D eigenvalue weighted by molar-refractivity contribution is 7.89. The number of benzene rings is 1. The van der Waals surface area contributed by atoms with E-state index >= 15 is 0 Å². The van der Waals surface area contributed by atoms with Crippen LogP contribution in [-0.2, 0) is 10.0 Å². The van der Waals surface area contributed by atoms with Gasteiger partial charge in [-0.3, -0.25) is 4.79 Å². The maximum absolute atomic E-state index is 12.8. The molecule has 0 bridgehead atoms. The molecule has 1 aromatic rings. The van der Waals surface area contributed by atoms with E-state index in [9.17, 15) is 13.2 Å². The van der Waals surface area contributed by atoms with Gasteiger partial charge in [0.1, 0.15) is 0 Å². The number of piperidine rings is 1. The number of rotatable bonds is 6. The summed E-state index contributed by atoms with van der Waals surface area (Å²) in [5.74, 6) is -0.0931. The van der Waals surface area contributed by atoms with E-state index in [2.05, 4.69) is 12.2 Å². The van der Waals surface area contributed by atoms with Gasteiger partial charge in [0, 0.05) is 18.7 Å². The van der Waals surface area contributed by atoms with Crippen molar-refractivity contribution in [1.82, 2.24) is 9.62 Å². The van der Waals surface area contributed by atoms with Crippen molar-refractivity contribution in [3.63, 3.8) is 0 Å². The molecule has 24 heavy (non-hydrogen) atoms. The van der Waals surface area contributed by atoms with Gasteiger partial charge in [-0.25, -0.2) is 8.42 Å². The predicted octanol–water partition coefficient (Wildman–Crippen LogP) is 1.53. The summed E-state index contributed by atoms with van der Waals surface area (Å²) in [6.45, 7) is 6.69. The normalized spacial score (nSPS) is 16.6. The Bertz CT molecular complexity index is 671. The fraction of sp³-hybridized carbons (Fsp3) is 0.562. The zero-order valence-corrected chi connectivity index (χ0v) is 15.8. The number of nitrogens with two attached hydrogens (primary N) is 1. The molecule has 0 saturated carbocycles. The number of aryl methyl sites for hydroxylation is 1. The molecular formula is C16H26ClN3O3S. The van der Waals surface area contributed by atoms with E-state index in [1.165, 1.54) is 10.4 Å². The fourth-order valence-corrected chi connectivity index (χ4v) is 4.37. The van der Waals surface area contributed by atoms with E-state index in [-0.39, 0.29) is 22.9 Å². The lowest BCUT2D eigenvalue weighted by molar-refractivity contribution is 0.0999. The van der Waals surface area contributed by atoms with Gasteiger partial charge in [-0.15, -0.1) is 12.4 Å². The van der Waals surface area contributed by atoms with Gasteiger partial charge in [0.2, 0.25) is 15.9 Å². The second-order valence-corrected chi connectivity index (χ2v) is 7.93. The lowest BCUT2D eigenvalue weighted by Crippen LogP contribution is -2.40. The molecule has 136 valence electrons. The highest BCUT2D eigenvalue weighted by atomic mass is 35.5. The van der Waals surface area contributed by atoms with Crippen LogP contribution in [0.3, 0.4) is 0 Å². The molecule has 1 saturated heterocycles. The molecule has 1 heterocycles. The molecule has 8 heteroatoms. The van der Waals surface area contributed by atoms with Crippen molar-refractivity contribution < 1.29 is 13.2 Å². The Balaban J connectivity index is 0.00000288. The van der Waals surface area contributed by atoms with E-state index in [1.807, 2.05) is 0 Å². The topological polar surface area (TPSA) is 92.5 Å². The van der Waals surface area contributed by atoms with E-state index in [4.69, 9.17) is 5.73 Å². The van der Waals surface area contributed by atoms with Gasteiger partial charge < -0.3 is 11.1 Å². The number of carbonyl (C=O) groups is 1. The van der Waals surface area contributed by atoms with Crippen LogP contribution in [0.2, 0.25) is 0 Å². The summed E-state index contributed by atoms with van der Waals surface area (Å²) < 4.78 is 27.0. The van der Waals surface area contributed by atoms with Crippen LogP contribution in [0.1, 0.15) is 35.7 Å². The van der Waals surface area contributed by atoms with Crippen molar-refractivity contribution in [3.8, 4) is 0 Å². The Kier molecular flexibility index (Phi) is 7.66. The number of hydrogen-bond donors (Lipinski definition) is 2. The monoisotopic (exact) mass is 375 g/mol. The summed E-state index contributed by atoms with van der Waals surface area (Å²) in [7, 11) is -3.57. The molecule has 6 nitrogen and oxygen atoms in total. The van der Waals surface area contributed by atoms with Gasteiger partial charge in [0.25, 0.3) is 0 Å². The highest BCUT2D eigenvalue weighted by Crippen LogP contribution is 2.24. The number of hydrogen-bond acceptors (Lipinski definition) is 4. The first-order valence-electron chi connectivity index (χ1n) is 7.97. The number of nitrogens with zero attached hydrogens (tertiary/aromatic N) is 1. The van der Waals surface area contributed by atoms with E-state index < -0.39 is 15.9 Å². The van der Waals surface area contributed by atoms with Crippen molar-refractivity contribution in [2.45, 2.75) is 31.6 Å². The summed E-state index contributed by atoms with van der Waals surface area (Å²) in [6.07, 6.45) is 1.70. The third kappa shape index (κ3) is 4.69. The second-order valence-electron chi connectivity index (χ2n) is 6.00. The van der Waals surface area contributed by atoms with Gasteiger partial charge >= 0.3 is 0 Å². The zero-order chi connectivity index (χ0) is 17.0. The molecule has 1 aliphatic rings. The van der Waals surface area contributed by atoms with Gasteiger partial charge in [-0.2, -0.15) is 4.31 Å². The quantitative estimate of drug-likeness (QED) is 0.788. The number of sulfonamides is 1. The average Bonchev–Trinajstić information content (AvgIpc) is 2.53. The smallest absolute Gasteiger partial charge is 0.249 e. The first-order chi connectivity index (χ1) is 10.9. The minimum absolute atomic E-state index is 0. The van der Waals surface area contributed by atoms with Crippen LogP contribution in [0, 0.1) is 12.8 Å². The van der Waals surface area contributed by atoms with Crippen molar-refractivity contribution in [3.05, 3.63) is 29.3 Å². The molecule has 3 N–H and O–H groups in total. The van der Waals surface area contributed by atoms with Crippen LogP contribution in [0.5, 0.6) is 0 Å². The fourth-order valence-electron chi connectivity index (χ4n) is 2.88. The number of nitrogens with one attached hydrogen (secondary N) is 1. The van der Waals surface area contributed by atoms with Crippen molar-refractivity contribution >= 4 is 28.3 Å². The Hall–Kier alpha value is -1.15. The summed E-state index contributed by atoms with van der Waals surface area (Å²) in [5, 5.41) is 3.31. The Morgan fingerprint density at radius 3 is 2.50 bits per heavy atom. The molecule has 2 rings (SSSR count). The summed E-state index contributed by atoms with van der Waals surface area (Å²) in [6, 6.07) is 4.56. The van der Waals surface area contributed by atoms with E-state index in [0.717, 1.165) is 25.9 Å². The predicted molar refractivity (Wildman–Crippen MR) is 97.0 cm³/mol. The summed E-state index contributed by atoms with van der Waals surface area (Å²) >= 11 is 0. The highest BCUT2D eigenvalue weighted by Gasteiger charge is 2.29. The van der Waals surface area contributed by atoms with Crippen molar-refractivity contribution in [1.29, 1.82) is 0 Å². The molecule has 0 radical (unpaired) electrons. The number of amides is 1. The van der Waals surface area contributed by atoms with Gasteiger partial charge in [0.15, 0.2) is 0 Å². The van der Waals surface area contributed by atoms with Crippen LogP contribution >= 0.6 is 12.4 Å². The van der Waals surface area contributed by atoms with Crippen LogP contribution in [-0.4, -0.2) is 44.8 Å². The standard InChI is InChI=1S/C16H25N3O3S.ClH/c1-3-18-11-13-6-8-19(9-7-13)23(21,22)14-5-4-12(2)15(10-14)16(17)20;/h4-5,10,13,18H,3,6-9,11H2,1-2H3,(H2,17,20);1H. The molecule has 0 spiro atoms. The molecule has 1 amide bonds. The van der Waals surface area contributed by atoms with Crippen LogP contribution in [0.4, 0.5) is 0 Å². The maximum Gasteiger partial charge on any atom is 0.249 e. The maximum atomic E-state index is 12.8. The lowest BCUT2D eigenvalue weighted by Gasteiger charge is -2.31. The molecule has 0 aliphatic carbocycles. The molecule has 1 aliphatic heterocycles. The van der Waals surface area contributed by atoms with E-state index in [1.54, 1.807) is 19.1 Å². The molecular weight excluding hydrogens is 350 g/mol. The largest absolute Gasteiger partial charge is 0.366 e. The second kappa shape index (κ2) is 8.80. The third-order valence-corrected chi connectivity index (χ3v) is 6.26. The molecule has 0 atom stereocenters. The van der Waals surface area contributed by atoms with Crippen LogP contribution < -0.4 is 11.1 Å². The van der Waals surface area contributed by atoms with Crippen molar-refractivity contribution in [2.75, 3.05) is 26.2 Å². The van der Waals surface area contributed by atoms with Crippen LogP contribution in [0.15, 0.2) is 23.1 Å². The van der Waals surface area contributed by atoms with Crippen molar-refractivity contribution in [2.24, 2.45) is 11.7 Å². The summed E-state index contributed by atoms with van der Waals surface area (Å²) in [4.78, 5) is 11.6. The number of carbonyl (C=O) groups excluding carboxylic acids is 1.